The van der Waals surface area contributed by atoms with Crippen LogP contribution in [0.2, 0.25) is 0 Å². The Morgan fingerprint density at radius 3 is 3.00 bits per heavy atom. The number of hydrogen-bond acceptors (Lipinski definition) is 2. The average molecular weight is 278 g/mol. The maximum absolute atomic E-state index is 11.9. The zero-order chi connectivity index (χ0) is 13.5. The molecule has 5 heteroatoms. The van der Waals surface area contributed by atoms with E-state index >= 15 is 0 Å². The Bertz CT molecular complexity index is 525. The summed E-state index contributed by atoms with van der Waals surface area (Å²) in [6, 6.07) is 9.24. The maximum Gasteiger partial charge on any atom is 0.251 e. The third-order valence-corrected chi connectivity index (χ3v) is 3.06. The molecule has 0 radical (unpaired) electrons. The topological polar surface area (TPSA) is 46.9 Å². The number of carbonyl (C=O) groups excluding carboxylic acids is 1. The van der Waals surface area contributed by atoms with Crippen LogP contribution >= 0.6 is 11.6 Å². The van der Waals surface area contributed by atoms with Gasteiger partial charge in [0.15, 0.2) is 0 Å². The van der Waals surface area contributed by atoms with E-state index in [1.807, 2.05) is 35.1 Å². The van der Waals surface area contributed by atoms with Gasteiger partial charge >= 0.3 is 0 Å². The van der Waals surface area contributed by atoms with Gasteiger partial charge in [0.25, 0.3) is 5.91 Å². The Hall–Kier alpha value is -1.81. The molecule has 0 unspecified atom stereocenters. The van der Waals surface area contributed by atoms with Gasteiger partial charge in [0.05, 0.1) is 0 Å². The summed E-state index contributed by atoms with van der Waals surface area (Å²) in [7, 11) is 0. The number of nitrogens with one attached hydrogen (secondary N) is 1. The first-order chi connectivity index (χ1) is 9.29. The van der Waals surface area contributed by atoms with E-state index in [-0.39, 0.29) is 5.91 Å². The Morgan fingerprint density at radius 2 is 2.26 bits per heavy atom. The summed E-state index contributed by atoms with van der Waals surface area (Å²) in [6.07, 6.45) is 4.50. The molecule has 0 saturated heterocycles. The molecule has 1 N–H and O–H groups in total. The fraction of sp³-hybridized carbons (Fsp3) is 0.286. The molecule has 2 rings (SSSR count). The fourth-order valence-electron chi connectivity index (χ4n) is 1.77. The van der Waals surface area contributed by atoms with Crippen LogP contribution < -0.4 is 5.32 Å². The van der Waals surface area contributed by atoms with Crippen molar-refractivity contribution in [2.45, 2.75) is 18.8 Å². The first-order valence-electron chi connectivity index (χ1n) is 6.20. The number of amides is 1. The van der Waals surface area contributed by atoms with Gasteiger partial charge in [0.2, 0.25) is 0 Å². The minimum Gasteiger partial charge on any atom is -0.352 e. The molecule has 0 saturated carbocycles. The van der Waals surface area contributed by atoms with E-state index in [0.717, 1.165) is 18.5 Å². The Kier molecular flexibility index (Phi) is 4.98. The number of benzene rings is 1. The number of hydrogen-bond donors (Lipinski definition) is 1. The van der Waals surface area contributed by atoms with Gasteiger partial charge < -0.3 is 5.32 Å². The minimum absolute atomic E-state index is 0.0626. The summed E-state index contributed by atoms with van der Waals surface area (Å²) in [5.41, 5.74) is 1.60. The van der Waals surface area contributed by atoms with Crippen molar-refractivity contribution >= 4 is 17.5 Å². The SMILES string of the molecule is O=C(NCCCn1cccn1)c1cccc(CCl)c1. The summed E-state index contributed by atoms with van der Waals surface area (Å²) < 4.78 is 1.85. The van der Waals surface area contributed by atoms with Crippen LogP contribution in [-0.2, 0) is 12.4 Å². The van der Waals surface area contributed by atoms with Crippen molar-refractivity contribution in [2.24, 2.45) is 0 Å². The third-order valence-electron chi connectivity index (χ3n) is 2.75. The van der Waals surface area contributed by atoms with Crippen LogP contribution in [0.1, 0.15) is 22.3 Å². The maximum atomic E-state index is 11.9. The lowest BCUT2D eigenvalue weighted by molar-refractivity contribution is 0.0952. The molecule has 1 amide bonds. The first kappa shape index (κ1) is 13.6. The van der Waals surface area contributed by atoms with Crippen LogP contribution in [0, 0.1) is 0 Å². The number of carbonyl (C=O) groups is 1. The minimum atomic E-state index is -0.0626. The predicted molar refractivity (Wildman–Crippen MR) is 75.2 cm³/mol. The van der Waals surface area contributed by atoms with Crippen molar-refractivity contribution in [2.75, 3.05) is 6.54 Å². The van der Waals surface area contributed by atoms with E-state index in [2.05, 4.69) is 10.4 Å². The molecule has 1 heterocycles. The van der Waals surface area contributed by atoms with Crippen molar-refractivity contribution < 1.29 is 4.79 Å². The zero-order valence-electron chi connectivity index (χ0n) is 10.6. The number of alkyl halides is 1. The zero-order valence-corrected chi connectivity index (χ0v) is 11.3. The predicted octanol–water partition coefficient (Wildman–Crippen LogP) is 2.44. The Labute approximate surface area is 117 Å². The van der Waals surface area contributed by atoms with Crippen LogP contribution in [-0.4, -0.2) is 22.2 Å². The van der Waals surface area contributed by atoms with Gasteiger partial charge in [-0.1, -0.05) is 12.1 Å². The third kappa shape index (κ3) is 4.10. The second-order valence-corrected chi connectivity index (χ2v) is 4.48. The lowest BCUT2D eigenvalue weighted by Gasteiger charge is -2.06. The lowest BCUT2D eigenvalue weighted by Crippen LogP contribution is -2.25. The molecule has 2 aromatic rings. The molecular formula is C14H16ClN3O. The van der Waals surface area contributed by atoms with Crippen molar-refractivity contribution in [3.63, 3.8) is 0 Å². The van der Waals surface area contributed by atoms with E-state index < -0.39 is 0 Å². The largest absolute Gasteiger partial charge is 0.352 e. The van der Waals surface area contributed by atoms with E-state index in [0.29, 0.717) is 18.0 Å². The van der Waals surface area contributed by atoms with Crippen LogP contribution in [0.3, 0.4) is 0 Å². The second kappa shape index (κ2) is 6.95. The van der Waals surface area contributed by atoms with Crippen molar-refractivity contribution in [1.29, 1.82) is 0 Å². The molecule has 0 bridgehead atoms. The highest BCUT2D eigenvalue weighted by Gasteiger charge is 2.05. The smallest absolute Gasteiger partial charge is 0.251 e. The molecule has 0 aliphatic rings. The summed E-state index contributed by atoms with van der Waals surface area (Å²) in [5, 5.41) is 6.99. The van der Waals surface area contributed by atoms with Crippen LogP contribution in [0.4, 0.5) is 0 Å². The van der Waals surface area contributed by atoms with Crippen LogP contribution in [0.5, 0.6) is 0 Å². The monoisotopic (exact) mass is 277 g/mol. The Morgan fingerprint density at radius 1 is 1.37 bits per heavy atom. The van der Waals surface area contributed by atoms with Crippen molar-refractivity contribution in [3.8, 4) is 0 Å². The molecule has 19 heavy (non-hydrogen) atoms. The van der Waals surface area contributed by atoms with Crippen molar-refractivity contribution in [3.05, 3.63) is 53.9 Å². The summed E-state index contributed by atoms with van der Waals surface area (Å²) in [6.45, 7) is 1.43. The molecule has 1 aromatic heterocycles. The van der Waals surface area contributed by atoms with Crippen LogP contribution in [0.25, 0.3) is 0 Å². The molecule has 0 spiro atoms. The highest BCUT2D eigenvalue weighted by Crippen LogP contribution is 2.07. The molecule has 4 nitrogen and oxygen atoms in total. The number of halogens is 1. The number of nitrogens with zero attached hydrogens (tertiary/aromatic N) is 2. The summed E-state index contributed by atoms with van der Waals surface area (Å²) in [4.78, 5) is 11.9. The first-order valence-corrected chi connectivity index (χ1v) is 6.73. The van der Waals surface area contributed by atoms with E-state index in [1.54, 1.807) is 12.3 Å². The molecule has 100 valence electrons. The molecule has 0 aliphatic carbocycles. The molecule has 0 aliphatic heterocycles. The van der Waals surface area contributed by atoms with Gasteiger partial charge in [-0.3, -0.25) is 9.48 Å². The van der Waals surface area contributed by atoms with E-state index in [9.17, 15) is 4.79 Å². The van der Waals surface area contributed by atoms with E-state index in [4.69, 9.17) is 11.6 Å². The highest BCUT2D eigenvalue weighted by molar-refractivity contribution is 6.17. The molecule has 0 atom stereocenters. The van der Waals surface area contributed by atoms with Gasteiger partial charge in [0, 0.05) is 36.9 Å². The second-order valence-electron chi connectivity index (χ2n) is 4.21. The van der Waals surface area contributed by atoms with Gasteiger partial charge in [-0.05, 0) is 30.2 Å². The highest BCUT2D eigenvalue weighted by atomic mass is 35.5. The average Bonchev–Trinajstić information content (AvgIpc) is 2.96. The summed E-state index contributed by atoms with van der Waals surface area (Å²) >= 11 is 5.75. The molecule has 1 aromatic carbocycles. The van der Waals surface area contributed by atoms with E-state index in [1.165, 1.54) is 0 Å². The fourth-order valence-corrected chi connectivity index (χ4v) is 1.94. The quantitative estimate of drug-likeness (QED) is 0.651. The standard InChI is InChI=1S/C14H16ClN3O/c15-11-12-4-1-5-13(10-12)14(19)16-6-2-8-18-9-3-7-17-18/h1,3-5,7,9-10H,2,6,8,11H2,(H,16,19). The van der Waals surface area contributed by atoms with Gasteiger partial charge in [-0.2, -0.15) is 5.10 Å². The lowest BCUT2D eigenvalue weighted by atomic mass is 10.1. The van der Waals surface area contributed by atoms with Crippen LogP contribution in [0.15, 0.2) is 42.7 Å². The normalized spacial score (nSPS) is 10.4. The number of rotatable bonds is 6. The molecular weight excluding hydrogens is 262 g/mol. The summed E-state index contributed by atoms with van der Waals surface area (Å²) in [5.74, 6) is 0.355. The molecule has 0 fully saturated rings. The van der Waals surface area contributed by atoms with Crippen molar-refractivity contribution in [1.82, 2.24) is 15.1 Å². The number of aryl methyl sites for hydroxylation is 1. The van der Waals surface area contributed by atoms with Gasteiger partial charge in [-0.15, -0.1) is 11.6 Å². The van der Waals surface area contributed by atoms with Gasteiger partial charge in [0.1, 0.15) is 0 Å². The Balaban J connectivity index is 1.77. The number of aromatic nitrogens is 2. The van der Waals surface area contributed by atoms with Gasteiger partial charge in [-0.25, -0.2) is 0 Å².